The summed E-state index contributed by atoms with van der Waals surface area (Å²) in [5.74, 6) is -1.27. The number of carboxylic acid groups (broad SMARTS) is 1. The summed E-state index contributed by atoms with van der Waals surface area (Å²) in [5.41, 5.74) is 7.80. The van der Waals surface area contributed by atoms with E-state index in [2.05, 4.69) is 15.1 Å². The molecule has 1 aliphatic rings. The first-order chi connectivity index (χ1) is 17.1. The quantitative estimate of drug-likeness (QED) is 0.143. The van der Waals surface area contributed by atoms with E-state index in [9.17, 15) is 29.9 Å². The van der Waals surface area contributed by atoms with Crippen molar-refractivity contribution in [1.82, 2.24) is 19.6 Å². The number of fused-ring (bicyclic) bond motifs is 1. The van der Waals surface area contributed by atoms with Crippen molar-refractivity contribution in [3.63, 3.8) is 0 Å². The molecular formula is C20H25N6O9P. The highest BCUT2D eigenvalue weighted by Gasteiger charge is 2.46. The minimum absolute atomic E-state index is 0.0294. The Morgan fingerprint density at radius 2 is 1.97 bits per heavy atom. The Hall–Kier alpha value is -3.30. The topological polar surface area (TPSA) is 224 Å². The van der Waals surface area contributed by atoms with E-state index in [4.69, 9.17) is 19.5 Å². The van der Waals surface area contributed by atoms with Gasteiger partial charge in [0.25, 0.3) is 0 Å². The van der Waals surface area contributed by atoms with Gasteiger partial charge in [-0.3, -0.25) is 20.0 Å². The second-order valence-corrected chi connectivity index (χ2v) is 9.63. The Kier molecular flexibility index (Phi) is 7.42. The summed E-state index contributed by atoms with van der Waals surface area (Å²) in [6.07, 6.45) is -3.80. The lowest BCUT2D eigenvalue weighted by molar-refractivity contribution is -0.138. The number of carboxylic acids is 1. The van der Waals surface area contributed by atoms with Gasteiger partial charge in [-0.25, -0.2) is 4.57 Å². The third-order valence-corrected chi connectivity index (χ3v) is 7.05. The van der Waals surface area contributed by atoms with Crippen molar-refractivity contribution < 1.29 is 43.7 Å². The molecule has 1 unspecified atom stereocenters. The summed E-state index contributed by atoms with van der Waals surface area (Å²) < 4.78 is 31.4. The lowest BCUT2D eigenvalue weighted by Gasteiger charge is -2.24. The summed E-state index contributed by atoms with van der Waals surface area (Å²) in [5, 5.41) is 42.4. The number of hydrogen-bond acceptors (Lipinski definition) is 12. The number of carbonyl (C=O) groups is 1. The summed E-state index contributed by atoms with van der Waals surface area (Å²) in [4.78, 5) is 19.3. The van der Waals surface area contributed by atoms with Gasteiger partial charge in [-0.15, -0.1) is 0 Å². The van der Waals surface area contributed by atoms with Crippen LogP contribution in [0, 0.1) is 0 Å². The number of benzene rings is 1. The number of nitrogen functional groups attached to an aromatic ring is 1. The van der Waals surface area contributed by atoms with Gasteiger partial charge in [-0.1, -0.05) is 18.2 Å². The number of hydrogen-bond donors (Lipinski definition) is 7. The fraction of sp³-hybridized carbons (Fsp3) is 0.350. The van der Waals surface area contributed by atoms with Crippen molar-refractivity contribution in [2.75, 3.05) is 17.8 Å². The highest BCUT2D eigenvalue weighted by Crippen LogP contribution is 2.46. The highest BCUT2D eigenvalue weighted by atomic mass is 31.2. The Labute approximate surface area is 204 Å². The van der Waals surface area contributed by atoms with Gasteiger partial charge in [0.2, 0.25) is 5.95 Å². The van der Waals surface area contributed by atoms with E-state index in [-0.39, 0.29) is 23.2 Å². The van der Waals surface area contributed by atoms with Gasteiger partial charge in [0.15, 0.2) is 12.0 Å². The van der Waals surface area contributed by atoms with Gasteiger partial charge < -0.3 is 34.9 Å². The fourth-order valence-corrected chi connectivity index (χ4v) is 5.12. The molecule has 6 atom stereocenters. The van der Waals surface area contributed by atoms with Crippen LogP contribution in [0.5, 0.6) is 5.75 Å². The molecule has 1 fully saturated rings. The molecule has 16 heteroatoms. The molecule has 194 valence electrons. The van der Waals surface area contributed by atoms with Crippen LogP contribution >= 0.6 is 7.75 Å². The molecule has 0 amide bonds. The van der Waals surface area contributed by atoms with E-state index in [1.807, 2.05) is 5.48 Å². The molecule has 0 saturated carbocycles. The van der Waals surface area contributed by atoms with E-state index >= 15 is 0 Å². The maximum Gasteiger partial charge on any atom is 0.459 e. The average Bonchev–Trinajstić information content (AvgIpc) is 3.38. The van der Waals surface area contributed by atoms with Crippen molar-refractivity contribution in [2.45, 2.75) is 37.5 Å². The summed E-state index contributed by atoms with van der Waals surface area (Å²) >= 11 is 0. The second kappa shape index (κ2) is 10.4. The zero-order valence-electron chi connectivity index (χ0n) is 18.8. The zero-order chi connectivity index (χ0) is 26.0. The minimum atomic E-state index is -4.27. The molecule has 3 heterocycles. The smallest absolute Gasteiger partial charge is 0.459 e. The van der Waals surface area contributed by atoms with Crippen LogP contribution in [0.25, 0.3) is 11.0 Å². The molecule has 4 rings (SSSR count). The second-order valence-electron chi connectivity index (χ2n) is 7.94. The zero-order valence-corrected chi connectivity index (χ0v) is 19.7. The van der Waals surface area contributed by atoms with Crippen LogP contribution < -0.4 is 20.8 Å². The molecule has 3 aromatic rings. The number of anilines is 2. The van der Waals surface area contributed by atoms with Crippen LogP contribution in [0.3, 0.4) is 0 Å². The standard InChI is InChI=1S/C20H25N6O9P/c1-10(19(29)30)25-36(32,35-11-5-3-2-4-6-11)33-9-13-14(27)15(28)18(34-13)26-8-7-12-16(24-31)22-20(21)23-17(12)26/h2-8,10,13-15,18,27-28,31H,9H2,1H3,(H,25,32)(H,29,30)(H3,21,22,23,24)/t10-,13+,14+,15+,18+,36?/m0/s1. The molecule has 15 nitrogen and oxygen atoms in total. The van der Waals surface area contributed by atoms with Crippen LogP contribution in [0.15, 0.2) is 42.6 Å². The van der Waals surface area contributed by atoms with E-state index in [0.29, 0.717) is 5.39 Å². The molecule has 1 saturated heterocycles. The summed E-state index contributed by atoms with van der Waals surface area (Å²) in [7, 11) is -4.27. The number of aliphatic hydroxyl groups excluding tert-OH is 2. The Morgan fingerprint density at radius 3 is 2.64 bits per heavy atom. The van der Waals surface area contributed by atoms with Gasteiger partial charge in [0.05, 0.1) is 12.0 Å². The third-order valence-electron chi connectivity index (χ3n) is 5.41. The molecule has 0 bridgehead atoms. The molecule has 1 aromatic carbocycles. The van der Waals surface area contributed by atoms with E-state index in [1.54, 1.807) is 24.3 Å². The van der Waals surface area contributed by atoms with Gasteiger partial charge in [-0.2, -0.15) is 15.1 Å². The van der Waals surface area contributed by atoms with Crippen LogP contribution in [0.1, 0.15) is 13.2 Å². The molecule has 0 spiro atoms. The molecule has 2 aromatic heterocycles. The van der Waals surface area contributed by atoms with Gasteiger partial charge in [0.1, 0.15) is 35.8 Å². The van der Waals surface area contributed by atoms with Crippen molar-refractivity contribution in [3.05, 3.63) is 42.6 Å². The predicted octanol–water partition coefficient (Wildman–Crippen LogP) is 0.700. The van der Waals surface area contributed by atoms with Crippen molar-refractivity contribution >= 4 is 36.5 Å². The minimum Gasteiger partial charge on any atom is -0.480 e. The maximum atomic E-state index is 13.4. The van der Waals surface area contributed by atoms with Gasteiger partial charge in [0, 0.05) is 6.20 Å². The normalized spacial score (nSPS) is 24.3. The number of ether oxygens (including phenoxy) is 1. The van der Waals surface area contributed by atoms with Crippen molar-refractivity contribution in [1.29, 1.82) is 0 Å². The van der Waals surface area contributed by atoms with Crippen LogP contribution in [-0.4, -0.2) is 72.0 Å². The van der Waals surface area contributed by atoms with Crippen LogP contribution in [0.4, 0.5) is 11.8 Å². The number of aromatic nitrogens is 3. The predicted molar refractivity (Wildman–Crippen MR) is 124 cm³/mol. The SMILES string of the molecule is C[C@H](NP(=O)(OC[C@H]1O[C@@H](n2ccc3c(NO)nc(N)nc32)[C@H](O)[C@@H]1O)Oc1ccccc1)C(=O)O. The van der Waals surface area contributed by atoms with Crippen molar-refractivity contribution in [2.24, 2.45) is 0 Å². The lowest BCUT2D eigenvalue weighted by atomic mass is 10.1. The third kappa shape index (κ3) is 5.27. The number of nitrogens with zero attached hydrogens (tertiary/aromatic N) is 3. The number of para-hydroxylation sites is 1. The lowest BCUT2D eigenvalue weighted by Crippen LogP contribution is -2.36. The number of aliphatic carboxylic acids is 1. The number of nitrogens with one attached hydrogen (secondary N) is 2. The number of aliphatic hydroxyl groups is 2. The summed E-state index contributed by atoms with van der Waals surface area (Å²) in [6, 6.07) is 8.21. The molecular weight excluding hydrogens is 499 g/mol. The first-order valence-corrected chi connectivity index (χ1v) is 12.2. The molecule has 1 aliphatic heterocycles. The fourth-order valence-electron chi connectivity index (χ4n) is 3.61. The van der Waals surface area contributed by atoms with Crippen molar-refractivity contribution in [3.8, 4) is 5.75 Å². The average molecular weight is 524 g/mol. The monoisotopic (exact) mass is 524 g/mol. The first-order valence-electron chi connectivity index (χ1n) is 10.7. The maximum absolute atomic E-state index is 13.4. The van der Waals surface area contributed by atoms with E-state index in [0.717, 1.165) is 0 Å². The van der Waals surface area contributed by atoms with E-state index in [1.165, 1.54) is 29.8 Å². The van der Waals surface area contributed by atoms with E-state index < -0.39 is 50.9 Å². The Morgan fingerprint density at radius 1 is 1.25 bits per heavy atom. The summed E-state index contributed by atoms with van der Waals surface area (Å²) in [6.45, 7) is 0.728. The van der Waals surface area contributed by atoms with Gasteiger partial charge in [-0.05, 0) is 25.1 Å². The number of rotatable bonds is 10. The first kappa shape index (κ1) is 25.8. The Bertz CT molecular complexity index is 1280. The molecule has 0 radical (unpaired) electrons. The van der Waals surface area contributed by atoms with Crippen LogP contribution in [0.2, 0.25) is 0 Å². The highest BCUT2D eigenvalue weighted by molar-refractivity contribution is 7.52. The molecule has 0 aliphatic carbocycles. The van der Waals surface area contributed by atoms with Gasteiger partial charge >= 0.3 is 13.7 Å². The number of nitrogens with two attached hydrogens (primary N) is 1. The Balaban J connectivity index is 1.53. The van der Waals surface area contributed by atoms with Crippen LogP contribution in [-0.2, 0) is 18.6 Å². The molecule has 36 heavy (non-hydrogen) atoms. The largest absolute Gasteiger partial charge is 0.480 e. The molecule has 8 N–H and O–H groups in total.